The van der Waals surface area contributed by atoms with E-state index < -0.39 is 0 Å². The summed E-state index contributed by atoms with van der Waals surface area (Å²) >= 11 is 0. The largest absolute Gasteiger partial charge is 0.302 e. The molecule has 0 radical (unpaired) electrons. The van der Waals surface area contributed by atoms with Crippen LogP contribution in [0.1, 0.15) is 18.9 Å². The van der Waals surface area contributed by atoms with Crippen molar-refractivity contribution < 1.29 is 0 Å². The molecule has 1 heterocycles. The SMILES string of the molecule is CCC(C#N)NCCc1cccc2cccnc12. The van der Waals surface area contributed by atoms with Gasteiger partial charge in [-0.3, -0.25) is 4.98 Å². The molecule has 0 bridgehead atoms. The van der Waals surface area contributed by atoms with Gasteiger partial charge >= 0.3 is 0 Å². The van der Waals surface area contributed by atoms with Gasteiger partial charge in [0.1, 0.15) is 0 Å². The zero-order valence-corrected chi connectivity index (χ0v) is 10.6. The maximum absolute atomic E-state index is 8.87. The van der Waals surface area contributed by atoms with E-state index in [9.17, 15) is 0 Å². The average molecular weight is 239 g/mol. The predicted octanol–water partition coefficient (Wildman–Crippen LogP) is 2.67. The average Bonchev–Trinajstić information content (AvgIpc) is 2.44. The van der Waals surface area contributed by atoms with Gasteiger partial charge in [0, 0.05) is 18.1 Å². The predicted molar refractivity (Wildman–Crippen MR) is 73.1 cm³/mol. The summed E-state index contributed by atoms with van der Waals surface area (Å²) < 4.78 is 0. The lowest BCUT2D eigenvalue weighted by molar-refractivity contribution is 0.589. The number of pyridine rings is 1. The first-order valence-electron chi connectivity index (χ1n) is 6.30. The van der Waals surface area contributed by atoms with E-state index in [-0.39, 0.29) is 6.04 Å². The number of hydrogen-bond donors (Lipinski definition) is 1. The van der Waals surface area contributed by atoms with Crippen molar-refractivity contribution in [1.29, 1.82) is 5.26 Å². The summed E-state index contributed by atoms with van der Waals surface area (Å²) in [4.78, 5) is 4.43. The molecule has 0 amide bonds. The minimum Gasteiger partial charge on any atom is -0.302 e. The lowest BCUT2D eigenvalue weighted by atomic mass is 10.1. The molecule has 0 saturated heterocycles. The molecule has 1 atom stereocenters. The van der Waals surface area contributed by atoms with Crippen LogP contribution < -0.4 is 5.32 Å². The Morgan fingerprint density at radius 3 is 2.94 bits per heavy atom. The molecular weight excluding hydrogens is 222 g/mol. The first-order chi connectivity index (χ1) is 8.85. The van der Waals surface area contributed by atoms with Crippen LogP contribution in [0.2, 0.25) is 0 Å². The third kappa shape index (κ3) is 2.85. The van der Waals surface area contributed by atoms with Crippen molar-refractivity contribution in [2.75, 3.05) is 6.54 Å². The Hall–Kier alpha value is -1.92. The Labute approximate surface area is 107 Å². The van der Waals surface area contributed by atoms with Crippen molar-refractivity contribution in [2.24, 2.45) is 0 Å². The third-order valence-electron chi connectivity index (χ3n) is 3.07. The van der Waals surface area contributed by atoms with Gasteiger partial charge in [-0.1, -0.05) is 31.2 Å². The number of rotatable bonds is 5. The van der Waals surface area contributed by atoms with Crippen LogP contribution in [0.15, 0.2) is 36.5 Å². The molecule has 0 saturated carbocycles. The molecule has 3 heteroatoms. The van der Waals surface area contributed by atoms with E-state index in [1.54, 1.807) is 0 Å². The maximum Gasteiger partial charge on any atom is 0.0950 e. The molecule has 0 aliphatic heterocycles. The standard InChI is InChI=1S/C15H17N3/c1-2-14(11-16)17-10-8-13-6-3-5-12-7-4-9-18-15(12)13/h3-7,9,14,17H,2,8,10H2,1H3. The number of fused-ring (bicyclic) bond motifs is 1. The van der Waals surface area contributed by atoms with E-state index in [2.05, 4.69) is 40.6 Å². The molecule has 0 fully saturated rings. The van der Waals surface area contributed by atoms with Crippen molar-refractivity contribution in [3.63, 3.8) is 0 Å². The van der Waals surface area contributed by atoms with E-state index in [1.807, 2.05) is 19.2 Å². The first kappa shape index (κ1) is 12.5. The van der Waals surface area contributed by atoms with Crippen LogP contribution in [0.5, 0.6) is 0 Å². The van der Waals surface area contributed by atoms with Crippen molar-refractivity contribution in [2.45, 2.75) is 25.8 Å². The van der Waals surface area contributed by atoms with Gasteiger partial charge in [0.05, 0.1) is 17.6 Å². The lowest BCUT2D eigenvalue weighted by Crippen LogP contribution is -2.28. The molecule has 0 aliphatic rings. The number of benzene rings is 1. The highest BCUT2D eigenvalue weighted by Crippen LogP contribution is 2.15. The number of nitrogens with zero attached hydrogens (tertiary/aromatic N) is 2. The quantitative estimate of drug-likeness (QED) is 0.872. The summed E-state index contributed by atoms with van der Waals surface area (Å²) in [5, 5.41) is 13.3. The Morgan fingerprint density at radius 1 is 1.33 bits per heavy atom. The highest BCUT2D eigenvalue weighted by atomic mass is 14.9. The monoisotopic (exact) mass is 239 g/mol. The topological polar surface area (TPSA) is 48.7 Å². The Balaban J connectivity index is 2.06. The first-order valence-corrected chi connectivity index (χ1v) is 6.30. The summed E-state index contributed by atoms with van der Waals surface area (Å²) in [6.07, 6.45) is 3.56. The molecule has 92 valence electrons. The van der Waals surface area contributed by atoms with Crippen LogP contribution in [-0.2, 0) is 6.42 Å². The lowest BCUT2D eigenvalue weighted by Gasteiger charge is -2.09. The van der Waals surface area contributed by atoms with Crippen LogP contribution in [0, 0.1) is 11.3 Å². The fourth-order valence-electron chi connectivity index (χ4n) is 2.03. The van der Waals surface area contributed by atoms with Gasteiger partial charge in [-0.25, -0.2) is 0 Å². The van der Waals surface area contributed by atoms with E-state index in [4.69, 9.17) is 5.26 Å². The molecule has 1 N–H and O–H groups in total. The van der Waals surface area contributed by atoms with Gasteiger partial charge in [0.25, 0.3) is 0 Å². The molecule has 0 spiro atoms. The summed E-state index contributed by atoms with van der Waals surface area (Å²) in [5.41, 5.74) is 2.29. The highest BCUT2D eigenvalue weighted by molar-refractivity contribution is 5.81. The normalized spacial score (nSPS) is 12.2. The highest BCUT2D eigenvalue weighted by Gasteiger charge is 2.04. The van der Waals surface area contributed by atoms with Crippen LogP contribution in [0.25, 0.3) is 10.9 Å². The van der Waals surface area contributed by atoms with Gasteiger partial charge in [-0.2, -0.15) is 5.26 Å². The minimum absolute atomic E-state index is 0.0482. The zero-order chi connectivity index (χ0) is 12.8. The van der Waals surface area contributed by atoms with Crippen molar-refractivity contribution in [3.8, 4) is 6.07 Å². The van der Waals surface area contributed by atoms with E-state index in [1.165, 1.54) is 10.9 Å². The molecule has 1 aromatic carbocycles. The molecule has 0 aliphatic carbocycles. The number of nitriles is 1. The number of para-hydroxylation sites is 1. The minimum atomic E-state index is -0.0482. The molecule has 1 unspecified atom stereocenters. The number of aromatic nitrogens is 1. The summed E-state index contributed by atoms with van der Waals surface area (Å²) in [5.74, 6) is 0. The summed E-state index contributed by atoms with van der Waals surface area (Å²) in [6.45, 7) is 2.82. The van der Waals surface area contributed by atoms with Gasteiger partial charge in [-0.05, 0) is 24.5 Å². The number of nitrogens with one attached hydrogen (secondary N) is 1. The molecule has 2 aromatic rings. The van der Waals surface area contributed by atoms with Crippen molar-refractivity contribution >= 4 is 10.9 Å². The smallest absolute Gasteiger partial charge is 0.0950 e. The van der Waals surface area contributed by atoms with Crippen molar-refractivity contribution in [1.82, 2.24) is 10.3 Å². The second-order valence-corrected chi connectivity index (χ2v) is 4.29. The fraction of sp³-hybridized carbons (Fsp3) is 0.333. The molecule has 18 heavy (non-hydrogen) atoms. The van der Waals surface area contributed by atoms with E-state index in [0.717, 1.165) is 24.9 Å². The Kier molecular flexibility index (Phi) is 4.27. The second kappa shape index (κ2) is 6.13. The number of hydrogen-bond acceptors (Lipinski definition) is 3. The molecular formula is C15H17N3. The zero-order valence-electron chi connectivity index (χ0n) is 10.6. The summed E-state index contributed by atoms with van der Waals surface area (Å²) in [6, 6.07) is 12.5. The maximum atomic E-state index is 8.87. The van der Waals surface area contributed by atoms with Crippen LogP contribution in [-0.4, -0.2) is 17.6 Å². The van der Waals surface area contributed by atoms with E-state index >= 15 is 0 Å². The Morgan fingerprint density at radius 2 is 2.17 bits per heavy atom. The molecule has 3 nitrogen and oxygen atoms in total. The molecule has 1 aromatic heterocycles. The van der Waals surface area contributed by atoms with Gasteiger partial charge in [-0.15, -0.1) is 0 Å². The van der Waals surface area contributed by atoms with Gasteiger partial charge < -0.3 is 5.32 Å². The van der Waals surface area contributed by atoms with Gasteiger partial charge in [0.15, 0.2) is 0 Å². The summed E-state index contributed by atoms with van der Waals surface area (Å²) in [7, 11) is 0. The Bertz CT molecular complexity index is 552. The van der Waals surface area contributed by atoms with Gasteiger partial charge in [0.2, 0.25) is 0 Å². The fourth-order valence-corrected chi connectivity index (χ4v) is 2.03. The van der Waals surface area contributed by atoms with E-state index in [0.29, 0.717) is 0 Å². The molecule has 2 rings (SSSR count). The van der Waals surface area contributed by atoms with Crippen LogP contribution >= 0.6 is 0 Å². The van der Waals surface area contributed by atoms with Crippen LogP contribution in [0.3, 0.4) is 0 Å². The third-order valence-corrected chi connectivity index (χ3v) is 3.07. The van der Waals surface area contributed by atoms with Crippen molar-refractivity contribution in [3.05, 3.63) is 42.1 Å². The van der Waals surface area contributed by atoms with Crippen LogP contribution in [0.4, 0.5) is 0 Å². The second-order valence-electron chi connectivity index (χ2n) is 4.29.